The Labute approximate surface area is 151 Å². The van der Waals surface area contributed by atoms with E-state index in [-0.39, 0.29) is 11.9 Å². The van der Waals surface area contributed by atoms with Crippen LogP contribution in [0.25, 0.3) is 0 Å². The first-order valence-electron chi connectivity index (χ1n) is 8.56. The molecule has 2 aliphatic rings. The Morgan fingerprint density at radius 3 is 2.68 bits per heavy atom. The Bertz CT molecular complexity index is 828. The summed E-state index contributed by atoms with van der Waals surface area (Å²) in [6, 6.07) is 18.6. The average Bonchev–Trinajstić information content (AvgIpc) is 3.25. The first-order chi connectivity index (χ1) is 12.2. The fourth-order valence-corrected chi connectivity index (χ4v) is 4.55. The van der Waals surface area contributed by atoms with Crippen molar-refractivity contribution in [2.45, 2.75) is 47.2 Å². The Hall–Kier alpha value is -2.29. The van der Waals surface area contributed by atoms with E-state index in [2.05, 4.69) is 16.7 Å². The van der Waals surface area contributed by atoms with Crippen molar-refractivity contribution in [2.75, 3.05) is 0 Å². The van der Waals surface area contributed by atoms with Gasteiger partial charge in [-0.2, -0.15) is 5.26 Å². The van der Waals surface area contributed by atoms with Crippen LogP contribution in [-0.2, 0) is 0 Å². The number of fused-ring (bicyclic) bond motifs is 2. The van der Waals surface area contributed by atoms with Crippen molar-refractivity contribution in [1.29, 1.82) is 5.26 Å². The van der Waals surface area contributed by atoms with Gasteiger partial charge in [0.1, 0.15) is 0 Å². The van der Waals surface area contributed by atoms with Gasteiger partial charge in [-0.1, -0.05) is 17.8 Å². The maximum absolute atomic E-state index is 12.4. The maximum atomic E-state index is 12.4. The van der Waals surface area contributed by atoms with Gasteiger partial charge in [-0.05, 0) is 61.7 Å². The monoisotopic (exact) mass is 349 g/mol. The number of nitriles is 1. The Morgan fingerprint density at radius 1 is 1.16 bits per heavy atom. The van der Waals surface area contributed by atoms with E-state index < -0.39 is 0 Å². The minimum absolute atomic E-state index is 0.00220. The third kappa shape index (κ3) is 3.55. The van der Waals surface area contributed by atoms with Gasteiger partial charge < -0.3 is 10.6 Å². The van der Waals surface area contributed by atoms with Gasteiger partial charge in [0.25, 0.3) is 5.91 Å². The second kappa shape index (κ2) is 6.91. The van der Waals surface area contributed by atoms with E-state index in [1.165, 1.54) is 6.42 Å². The first-order valence-corrected chi connectivity index (χ1v) is 9.38. The molecule has 3 atom stereocenters. The van der Waals surface area contributed by atoms with Gasteiger partial charge in [0.2, 0.25) is 0 Å². The molecule has 2 saturated heterocycles. The highest BCUT2D eigenvalue weighted by Crippen LogP contribution is 2.30. The fraction of sp³-hybridized carbons (Fsp3) is 0.300. The predicted molar refractivity (Wildman–Crippen MR) is 97.5 cm³/mol. The van der Waals surface area contributed by atoms with Crippen molar-refractivity contribution in [3.63, 3.8) is 0 Å². The van der Waals surface area contributed by atoms with E-state index in [9.17, 15) is 4.79 Å². The van der Waals surface area contributed by atoms with E-state index >= 15 is 0 Å². The quantitative estimate of drug-likeness (QED) is 0.889. The highest BCUT2D eigenvalue weighted by atomic mass is 32.2. The van der Waals surface area contributed by atoms with Crippen LogP contribution in [0.4, 0.5) is 0 Å². The van der Waals surface area contributed by atoms with Crippen LogP contribution in [0, 0.1) is 11.3 Å². The second-order valence-electron chi connectivity index (χ2n) is 6.63. The molecule has 2 aliphatic heterocycles. The zero-order chi connectivity index (χ0) is 17.2. The minimum Gasteiger partial charge on any atom is -0.348 e. The Morgan fingerprint density at radius 2 is 2.00 bits per heavy atom. The number of nitrogens with one attached hydrogen (secondary N) is 2. The van der Waals surface area contributed by atoms with E-state index in [4.69, 9.17) is 5.26 Å². The summed E-state index contributed by atoms with van der Waals surface area (Å²) in [6.07, 6.45) is 3.43. The predicted octanol–water partition coefficient (Wildman–Crippen LogP) is 3.33. The van der Waals surface area contributed by atoms with Gasteiger partial charge in [-0.3, -0.25) is 4.79 Å². The fourth-order valence-electron chi connectivity index (χ4n) is 3.67. The molecule has 2 bridgehead atoms. The summed E-state index contributed by atoms with van der Waals surface area (Å²) < 4.78 is 0. The molecule has 0 saturated carbocycles. The third-order valence-corrected chi connectivity index (χ3v) is 5.93. The van der Waals surface area contributed by atoms with E-state index in [1.54, 1.807) is 17.8 Å². The van der Waals surface area contributed by atoms with E-state index in [1.807, 2.05) is 42.5 Å². The highest BCUT2D eigenvalue weighted by Gasteiger charge is 2.39. The molecule has 2 aromatic rings. The van der Waals surface area contributed by atoms with Crippen molar-refractivity contribution >= 4 is 17.7 Å². The van der Waals surface area contributed by atoms with Crippen molar-refractivity contribution < 1.29 is 4.79 Å². The number of hydrogen-bond donors (Lipinski definition) is 2. The van der Waals surface area contributed by atoms with Gasteiger partial charge in [0.05, 0.1) is 11.6 Å². The number of amides is 1. The van der Waals surface area contributed by atoms with E-state index in [0.29, 0.717) is 23.2 Å². The Kier molecular flexibility index (Phi) is 4.48. The van der Waals surface area contributed by atoms with Crippen LogP contribution in [-0.4, -0.2) is 24.0 Å². The number of hydrogen-bond acceptors (Lipinski definition) is 4. The number of carbonyl (C=O) groups excluding carboxylic acids is 1. The number of benzene rings is 2. The van der Waals surface area contributed by atoms with Crippen LogP contribution in [0.2, 0.25) is 0 Å². The lowest BCUT2D eigenvalue weighted by Crippen LogP contribution is -2.42. The summed E-state index contributed by atoms with van der Waals surface area (Å²) >= 11 is 1.59. The van der Waals surface area contributed by atoms with Crippen LogP contribution in [0.3, 0.4) is 0 Å². The van der Waals surface area contributed by atoms with Gasteiger partial charge in [-0.15, -0.1) is 0 Å². The van der Waals surface area contributed by atoms with Crippen LogP contribution >= 0.6 is 11.8 Å². The summed E-state index contributed by atoms with van der Waals surface area (Å²) in [5.74, 6) is 0.00220. The molecule has 25 heavy (non-hydrogen) atoms. The van der Waals surface area contributed by atoms with Gasteiger partial charge in [0.15, 0.2) is 0 Å². The molecule has 5 heteroatoms. The van der Waals surface area contributed by atoms with Crippen LogP contribution in [0.5, 0.6) is 0 Å². The zero-order valence-corrected chi connectivity index (χ0v) is 14.6. The molecule has 0 spiro atoms. The lowest BCUT2D eigenvalue weighted by molar-refractivity contribution is 0.0931. The van der Waals surface area contributed by atoms with Crippen molar-refractivity contribution in [2.24, 2.45) is 0 Å². The first kappa shape index (κ1) is 16.2. The standard InChI is InChI=1S/C20H19N3OS/c21-12-13-2-1-3-17(10-13)25-16-7-4-14(5-8-16)20(24)23-19-11-15-6-9-18(19)22-15/h1-5,7-8,10,15,18-19,22H,6,9,11H2,(H,23,24). The van der Waals surface area contributed by atoms with Gasteiger partial charge >= 0.3 is 0 Å². The third-order valence-electron chi connectivity index (χ3n) is 4.93. The maximum Gasteiger partial charge on any atom is 0.251 e. The topological polar surface area (TPSA) is 64.9 Å². The number of rotatable bonds is 4. The molecule has 0 aliphatic carbocycles. The molecule has 1 amide bonds. The molecule has 2 heterocycles. The van der Waals surface area contributed by atoms with Crippen LogP contribution < -0.4 is 10.6 Å². The molecule has 2 fully saturated rings. The van der Waals surface area contributed by atoms with Crippen molar-refractivity contribution in [3.8, 4) is 6.07 Å². The SMILES string of the molecule is N#Cc1cccc(Sc2ccc(C(=O)NC3CC4CCC3N4)cc2)c1. The zero-order valence-electron chi connectivity index (χ0n) is 13.7. The summed E-state index contributed by atoms with van der Waals surface area (Å²) in [6.45, 7) is 0. The molecule has 2 aromatic carbocycles. The highest BCUT2D eigenvalue weighted by molar-refractivity contribution is 7.99. The Balaban J connectivity index is 1.39. The second-order valence-corrected chi connectivity index (χ2v) is 7.78. The smallest absolute Gasteiger partial charge is 0.251 e. The van der Waals surface area contributed by atoms with Gasteiger partial charge in [-0.25, -0.2) is 0 Å². The molecule has 4 nitrogen and oxygen atoms in total. The normalized spacial score (nSPS) is 24.0. The van der Waals surface area contributed by atoms with Crippen LogP contribution in [0.1, 0.15) is 35.2 Å². The summed E-state index contributed by atoms with van der Waals surface area (Å²) in [5.41, 5.74) is 1.35. The number of nitrogens with zero attached hydrogens (tertiary/aromatic N) is 1. The van der Waals surface area contributed by atoms with Crippen molar-refractivity contribution in [1.82, 2.24) is 10.6 Å². The molecule has 0 radical (unpaired) electrons. The summed E-state index contributed by atoms with van der Waals surface area (Å²) in [7, 11) is 0. The molecular formula is C20H19N3OS. The number of carbonyl (C=O) groups is 1. The van der Waals surface area contributed by atoms with Crippen molar-refractivity contribution in [3.05, 3.63) is 59.7 Å². The minimum atomic E-state index is 0.00220. The molecule has 2 N–H and O–H groups in total. The molecule has 126 valence electrons. The summed E-state index contributed by atoms with van der Waals surface area (Å²) in [5, 5.41) is 15.7. The largest absolute Gasteiger partial charge is 0.348 e. The molecule has 4 rings (SSSR count). The molecule has 3 unspecified atom stereocenters. The molecule has 0 aromatic heterocycles. The molecular weight excluding hydrogens is 330 g/mol. The van der Waals surface area contributed by atoms with E-state index in [0.717, 1.165) is 22.6 Å². The van der Waals surface area contributed by atoms with Crippen LogP contribution in [0.15, 0.2) is 58.3 Å². The average molecular weight is 349 g/mol. The lowest BCUT2D eigenvalue weighted by atomic mass is 9.95. The summed E-state index contributed by atoms with van der Waals surface area (Å²) in [4.78, 5) is 14.5. The van der Waals surface area contributed by atoms with Gasteiger partial charge in [0, 0.05) is 33.5 Å². The lowest BCUT2D eigenvalue weighted by Gasteiger charge is -2.21.